The second kappa shape index (κ2) is 27.8. The van der Waals surface area contributed by atoms with E-state index in [0.717, 1.165) is 4.90 Å². The maximum atomic E-state index is 13.9. The van der Waals surface area contributed by atoms with Crippen LogP contribution in [0.4, 0.5) is 24.0 Å². The van der Waals surface area contributed by atoms with Gasteiger partial charge in [0.1, 0.15) is 64.3 Å². The van der Waals surface area contributed by atoms with Crippen molar-refractivity contribution in [1.29, 1.82) is 0 Å². The number of hydrogen-bond donors (Lipinski definition) is 9. The second-order valence-corrected chi connectivity index (χ2v) is 24.5. The van der Waals surface area contributed by atoms with Crippen LogP contribution in [-0.2, 0) is 47.4 Å². The number of nitrogens with zero attached hydrogens (tertiary/aromatic N) is 2. The first-order valence-corrected chi connectivity index (χ1v) is 26.1. The van der Waals surface area contributed by atoms with E-state index in [4.69, 9.17) is 42.6 Å². The van der Waals surface area contributed by atoms with Crippen LogP contribution in [0.5, 0.6) is 0 Å². The zero-order valence-electron chi connectivity index (χ0n) is 48.2. The van der Waals surface area contributed by atoms with Gasteiger partial charge in [-0.25, -0.2) is 24.0 Å². The van der Waals surface area contributed by atoms with Crippen LogP contribution < -0.4 is 26.6 Å². The molecule has 0 bridgehead atoms. The van der Waals surface area contributed by atoms with E-state index in [9.17, 15) is 49.2 Å². The summed E-state index contributed by atoms with van der Waals surface area (Å²) in [6.45, 7) is 26.6. The topological polar surface area (TPSA) is 333 Å². The number of aliphatic hydroxyl groups excluding tert-OH is 4. The Morgan fingerprint density at radius 3 is 1.79 bits per heavy atom. The summed E-state index contributed by atoms with van der Waals surface area (Å²) in [7, 11) is 1.37. The fourth-order valence-electron chi connectivity index (χ4n) is 7.86. The minimum Gasteiger partial charge on any atom is -0.466 e. The van der Waals surface area contributed by atoms with E-state index in [0.29, 0.717) is 25.4 Å². The van der Waals surface area contributed by atoms with Gasteiger partial charge in [-0.1, -0.05) is 0 Å². The number of rotatable bonds is 20. The highest BCUT2D eigenvalue weighted by Crippen LogP contribution is 2.32. The van der Waals surface area contributed by atoms with Crippen molar-refractivity contribution in [3.8, 4) is 0 Å². The molecule has 1 aliphatic carbocycles. The molecule has 6 amide bonds. The molecule has 2 fully saturated rings. The Kier molecular flexibility index (Phi) is 23.9. The van der Waals surface area contributed by atoms with E-state index >= 15 is 0 Å². The Bertz CT molecular complexity index is 1990. The molecule has 0 unspecified atom stereocenters. The predicted molar refractivity (Wildman–Crippen MR) is 277 cm³/mol. The van der Waals surface area contributed by atoms with Crippen LogP contribution >= 0.6 is 0 Å². The van der Waals surface area contributed by atoms with Gasteiger partial charge in [-0.05, 0) is 130 Å². The molecule has 3 rings (SSSR count). The first-order chi connectivity index (χ1) is 35.2. The largest absolute Gasteiger partial charge is 0.466 e. The number of likely N-dealkylation sites (tertiary alicyclic amines) is 1. The van der Waals surface area contributed by atoms with E-state index in [1.807, 2.05) is 0 Å². The molecule has 0 radical (unpaired) electrons. The number of hydrogen-bond acceptors (Lipinski definition) is 20. The number of amides is 6. The maximum absolute atomic E-state index is 13.9. The van der Waals surface area contributed by atoms with Crippen molar-refractivity contribution in [2.75, 3.05) is 53.0 Å². The first-order valence-electron chi connectivity index (χ1n) is 26.1. The van der Waals surface area contributed by atoms with Gasteiger partial charge in [-0.2, -0.15) is 0 Å². The number of carbonyl (C=O) groups is 6. The summed E-state index contributed by atoms with van der Waals surface area (Å²) in [5.41, 5.74) is -4.39. The van der Waals surface area contributed by atoms with E-state index in [-0.39, 0.29) is 25.3 Å². The lowest BCUT2D eigenvalue weighted by Gasteiger charge is -2.47. The van der Waals surface area contributed by atoms with E-state index in [1.165, 1.54) is 14.0 Å². The average molecular weight is 1110 g/mol. The molecule has 0 aromatic rings. The fourth-order valence-corrected chi connectivity index (χ4v) is 7.86. The number of ether oxygens (including phenoxy) is 9. The summed E-state index contributed by atoms with van der Waals surface area (Å²) < 4.78 is 52.7. The molecular formula is C51H91N7O19. The SMILES string of the molecule is C[C@@H]([C@@H](O)[C@H](OCCO)O[C@@H]1[C@@H](O)[C@H](O[C@H]2OC(CNCC3CN(C(=O)OC(C)(C)C)C3)=CC[C@H]2NC(=O)OC(C)(C)C)[C@@H](NC(=O)OC(C)(C)C)C[C@H]1NC(=O)[C@@H](O)CNC(=O)OC(C)(C)C)N(C)C(=O)OC(C)(C)C. The van der Waals surface area contributed by atoms with E-state index in [2.05, 4.69) is 26.6 Å². The van der Waals surface area contributed by atoms with Crippen molar-refractivity contribution in [2.45, 2.75) is 219 Å². The zero-order chi connectivity index (χ0) is 58.6. The summed E-state index contributed by atoms with van der Waals surface area (Å²) in [4.78, 5) is 81.8. The fraction of sp³-hybridized carbons (Fsp3) is 0.843. The molecule has 2 aliphatic heterocycles. The number of nitrogens with one attached hydrogen (secondary N) is 5. The van der Waals surface area contributed by atoms with Gasteiger partial charge in [0.15, 0.2) is 6.29 Å². The van der Waals surface area contributed by atoms with Crippen molar-refractivity contribution in [1.82, 2.24) is 36.4 Å². The van der Waals surface area contributed by atoms with Crippen molar-refractivity contribution >= 4 is 36.4 Å². The van der Waals surface area contributed by atoms with E-state index < -0.39 is 151 Å². The lowest BCUT2D eigenvalue weighted by Crippen LogP contribution is -2.68. The Labute approximate surface area is 453 Å². The van der Waals surface area contributed by atoms with Gasteiger partial charge >= 0.3 is 30.5 Å². The van der Waals surface area contributed by atoms with Crippen molar-refractivity contribution in [2.24, 2.45) is 5.92 Å². The Balaban J connectivity index is 2.09. The quantitative estimate of drug-likeness (QED) is 0.0625. The van der Waals surface area contributed by atoms with Gasteiger partial charge in [0, 0.05) is 32.6 Å². The standard InChI is InChI=1S/C51H91N7O19/c1-28(57(17)45(67)76-50(11,12)13)35(61)41(69-21-20-59)72-37-32(54-39(63)34(60)25-53-42(64)73-47(2,3)4)22-33(56-44(66)75-49(8,9)10)38(36(37)62)71-40-31(55-43(65)74-48(5,6)7)19-18-30(70-40)24-52-23-29-26-58(27-29)46(68)77-51(14,15)16/h18,28-29,31-38,40-41,52,59-62H,19-27H2,1-17H3,(H,53,64)(H,54,63)(H,55,65)(H,56,66)/t28-,31+,32+,33-,34-,35+,36+,37-,38+,40+,41+/m0/s1. The van der Waals surface area contributed by atoms with Crippen LogP contribution in [0.15, 0.2) is 11.8 Å². The molecule has 9 N–H and O–H groups in total. The lowest BCUT2D eigenvalue weighted by molar-refractivity contribution is -0.276. The molecule has 3 aliphatic rings. The molecule has 0 spiro atoms. The Morgan fingerprint density at radius 1 is 0.740 bits per heavy atom. The minimum atomic E-state index is -1.94. The molecule has 77 heavy (non-hydrogen) atoms. The third kappa shape index (κ3) is 23.5. The van der Waals surface area contributed by atoms with Crippen LogP contribution in [-0.4, -0.2) is 215 Å². The number of carbonyl (C=O) groups excluding carboxylic acids is 6. The van der Waals surface area contributed by atoms with Gasteiger partial charge in [-0.3, -0.25) is 4.79 Å². The summed E-state index contributed by atoms with van der Waals surface area (Å²) in [5.74, 6) is -0.597. The molecule has 2 heterocycles. The third-order valence-corrected chi connectivity index (χ3v) is 11.4. The van der Waals surface area contributed by atoms with Crippen LogP contribution in [0.3, 0.4) is 0 Å². The molecule has 1 saturated heterocycles. The van der Waals surface area contributed by atoms with Gasteiger partial charge in [-0.15, -0.1) is 0 Å². The van der Waals surface area contributed by atoms with Crippen molar-refractivity contribution in [3.63, 3.8) is 0 Å². The molecule has 0 aromatic carbocycles. The number of aliphatic hydroxyl groups is 4. The summed E-state index contributed by atoms with van der Waals surface area (Å²) in [6.07, 6.45) is -14.5. The average Bonchev–Trinajstić information content (AvgIpc) is 3.23. The highest BCUT2D eigenvalue weighted by Gasteiger charge is 2.51. The van der Waals surface area contributed by atoms with Gasteiger partial charge in [0.05, 0.1) is 50.5 Å². The lowest BCUT2D eigenvalue weighted by atomic mass is 9.83. The van der Waals surface area contributed by atoms with Crippen LogP contribution in [0, 0.1) is 5.92 Å². The van der Waals surface area contributed by atoms with Crippen LogP contribution in [0.1, 0.15) is 124 Å². The molecule has 444 valence electrons. The molecule has 1 saturated carbocycles. The highest BCUT2D eigenvalue weighted by molar-refractivity contribution is 5.82. The maximum Gasteiger partial charge on any atom is 0.410 e. The molecule has 26 heteroatoms. The molecular weight excluding hydrogens is 1010 g/mol. The summed E-state index contributed by atoms with van der Waals surface area (Å²) in [6, 6.07) is -4.82. The smallest absolute Gasteiger partial charge is 0.410 e. The number of alkyl carbamates (subject to hydrolysis) is 3. The van der Waals surface area contributed by atoms with E-state index in [1.54, 1.807) is 115 Å². The van der Waals surface area contributed by atoms with Gasteiger partial charge < -0.3 is 99.4 Å². The normalized spacial score (nSPS) is 24.0. The highest BCUT2D eigenvalue weighted by atomic mass is 16.7. The van der Waals surface area contributed by atoms with Gasteiger partial charge in [0.2, 0.25) is 6.29 Å². The molecule has 11 atom stereocenters. The molecule has 26 nitrogen and oxygen atoms in total. The zero-order valence-corrected chi connectivity index (χ0v) is 48.2. The predicted octanol–water partition coefficient (Wildman–Crippen LogP) is 2.72. The minimum absolute atomic E-state index is 0.106. The molecule has 0 aromatic heterocycles. The Hall–Kier alpha value is -4.96. The number of likely N-dealkylation sites (N-methyl/N-ethyl adjacent to an activating group) is 1. The summed E-state index contributed by atoms with van der Waals surface area (Å²) in [5, 5.41) is 59.3. The van der Waals surface area contributed by atoms with Crippen LogP contribution in [0.2, 0.25) is 0 Å². The first kappa shape index (κ1) is 66.3. The second-order valence-electron chi connectivity index (χ2n) is 24.5. The Morgan fingerprint density at radius 2 is 1.26 bits per heavy atom. The van der Waals surface area contributed by atoms with Gasteiger partial charge in [0.25, 0.3) is 5.91 Å². The van der Waals surface area contributed by atoms with Crippen molar-refractivity contribution in [3.05, 3.63) is 11.8 Å². The monoisotopic (exact) mass is 1110 g/mol. The van der Waals surface area contributed by atoms with Crippen molar-refractivity contribution < 1.29 is 91.8 Å². The third-order valence-electron chi connectivity index (χ3n) is 11.4. The van der Waals surface area contributed by atoms with Crippen LogP contribution in [0.25, 0.3) is 0 Å². The summed E-state index contributed by atoms with van der Waals surface area (Å²) >= 11 is 0.